The number of aromatic nitrogens is 1. The molecule has 0 radical (unpaired) electrons. The normalized spacial score (nSPS) is 16.9. The van der Waals surface area contributed by atoms with Crippen molar-refractivity contribution in [1.82, 2.24) is 15.2 Å². The molecule has 12 heteroatoms. The van der Waals surface area contributed by atoms with Gasteiger partial charge in [-0.3, -0.25) is 19.8 Å². The highest BCUT2D eigenvalue weighted by molar-refractivity contribution is 5.88. The van der Waals surface area contributed by atoms with Crippen molar-refractivity contribution in [3.63, 3.8) is 0 Å². The standard InChI is InChI=1S/C14H15FN4O2.C13H12FNO2.C8H15N/c1-16-12-4-3-9(7-11(12)15)21-10-5-6-18-13(8-10)19-14(20)17-2;1-11(9-16)3-2-8-15(10-17)13-6-4-12(14)5-7-13;1-9-5-7-3-2-4-8(7)6-9/h3-8,16H,1-2H3,(H2,17,18,19,20);2-10H,1H3;7-8H,2-6H2,1H3/b;8-2-,11-3+;/t;;7-,8+. The summed E-state index contributed by atoms with van der Waals surface area (Å²) in [5, 5.41) is 7.67. The van der Waals surface area contributed by atoms with Gasteiger partial charge in [-0.25, -0.2) is 18.6 Å². The van der Waals surface area contributed by atoms with Crippen molar-refractivity contribution in [3.05, 3.63) is 96.4 Å². The van der Waals surface area contributed by atoms with Crippen molar-refractivity contribution in [2.45, 2.75) is 26.2 Å². The van der Waals surface area contributed by atoms with E-state index in [1.165, 1.54) is 87.0 Å². The van der Waals surface area contributed by atoms with Crippen molar-refractivity contribution in [3.8, 4) is 11.5 Å². The first-order chi connectivity index (χ1) is 22.6. The van der Waals surface area contributed by atoms with Gasteiger partial charge in [-0.1, -0.05) is 12.5 Å². The van der Waals surface area contributed by atoms with Gasteiger partial charge in [0.15, 0.2) is 0 Å². The van der Waals surface area contributed by atoms with E-state index in [1.807, 2.05) is 0 Å². The molecule has 5 rings (SSSR count). The Hall–Kier alpha value is -5.10. The number of nitrogens with zero attached hydrogens (tertiary/aromatic N) is 3. The molecule has 1 aromatic heterocycles. The molecule has 2 atom stereocenters. The molecule has 3 N–H and O–H groups in total. The Morgan fingerprint density at radius 2 is 1.68 bits per heavy atom. The molecular weight excluding hydrogens is 606 g/mol. The van der Waals surface area contributed by atoms with Gasteiger partial charge in [0.25, 0.3) is 0 Å². The molecule has 1 saturated carbocycles. The summed E-state index contributed by atoms with van der Waals surface area (Å²) >= 11 is 0. The van der Waals surface area contributed by atoms with Crippen molar-refractivity contribution in [2.24, 2.45) is 11.8 Å². The van der Waals surface area contributed by atoms with Crippen LogP contribution in [0.4, 0.5) is 30.8 Å². The van der Waals surface area contributed by atoms with E-state index in [9.17, 15) is 23.2 Å². The fourth-order valence-corrected chi connectivity index (χ4v) is 5.21. The first kappa shape index (κ1) is 36.4. The molecule has 3 amide bonds. The van der Waals surface area contributed by atoms with Crippen molar-refractivity contribution in [2.75, 3.05) is 49.8 Å². The summed E-state index contributed by atoms with van der Waals surface area (Å²) in [4.78, 5) is 40.1. The number of hydrogen-bond donors (Lipinski definition) is 3. The van der Waals surface area contributed by atoms with Crippen LogP contribution in [-0.4, -0.2) is 62.8 Å². The molecule has 1 saturated heterocycles. The number of anilines is 3. The summed E-state index contributed by atoms with van der Waals surface area (Å²) in [7, 11) is 5.39. The van der Waals surface area contributed by atoms with Gasteiger partial charge in [0.1, 0.15) is 35.2 Å². The highest BCUT2D eigenvalue weighted by Crippen LogP contribution is 2.36. The molecule has 0 unspecified atom stereocenters. The van der Waals surface area contributed by atoms with E-state index in [-0.39, 0.29) is 11.8 Å². The first-order valence-corrected chi connectivity index (χ1v) is 15.2. The Bertz CT molecular complexity index is 1520. The largest absolute Gasteiger partial charge is 0.457 e. The number of nitrogens with one attached hydrogen (secondary N) is 3. The number of fused-ring (bicyclic) bond motifs is 1. The molecule has 0 bridgehead atoms. The number of pyridine rings is 1. The molecule has 2 aromatic carbocycles. The third kappa shape index (κ3) is 12.0. The molecule has 2 aliphatic rings. The van der Waals surface area contributed by atoms with Crippen LogP contribution in [0, 0.1) is 23.5 Å². The summed E-state index contributed by atoms with van der Waals surface area (Å²) in [5.41, 5.74) is 1.49. The number of ether oxygens (including phenoxy) is 1. The summed E-state index contributed by atoms with van der Waals surface area (Å²) in [6.07, 6.45) is 12.0. The molecule has 10 nitrogen and oxygen atoms in total. The van der Waals surface area contributed by atoms with E-state index >= 15 is 0 Å². The minimum Gasteiger partial charge on any atom is -0.457 e. The van der Waals surface area contributed by atoms with Gasteiger partial charge in [0.2, 0.25) is 6.41 Å². The molecule has 2 heterocycles. The Kier molecular flexibility index (Phi) is 14.5. The minimum atomic E-state index is -0.409. The van der Waals surface area contributed by atoms with Crippen LogP contribution in [0.3, 0.4) is 0 Å². The van der Waals surface area contributed by atoms with Gasteiger partial charge in [0, 0.05) is 57.4 Å². The zero-order valence-electron chi connectivity index (χ0n) is 27.1. The number of carbonyl (C=O) groups excluding carboxylic acids is 3. The van der Waals surface area contributed by atoms with Crippen LogP contribution in [-0.2, 0) is 9.59 Å². The quantitative estimate of drug-likeness (QED) is 0.136. The number of aldehydes is 1. The lowest BCUT2D eigenvalue weighted by molar-refractivity contribution is -0.107. The van der Waals surface area contributed by atoms with E-state index in [4.69, 9.17) is 4.74 Å². The summed E-state index contributed by atoms with van der Waals surface area (Å²) in [6, 6.07) is 12.8. The highest BCUT2D eigenvalue weighted by atomic mass is 19.1. The average molecular weight is 649 g/mol. The second-order valence-corrected chi connectivity index (χ2v) is 11.1. The Balaban J connectivity index is 0.000000205. The highest BCUT2D eigenvalue weighted by Gasteiger charge is 2.33. The summed E-state index contributed by atoms with van der Waals surface area (Å²) < 4.78 is 31.8. The number of likely N-dealkylation sites (tertiary alicyclic amines) is 1. The number of hydrogen-bond acceptors (Lipinski definition) is 7. The lowest BCUT2D eigenvalue weighted by atomic mass is 10.0. The average Bonchev–Trinajstić information content (AvgIpc) is 3.65. The summed E-state index contributed by atoms with van der Waals surface area (Å²) in [5.74, 6) is 2.51. The zero-order valence-corrected chi connectivity index (χ0v) is 27.1. The molecule has 47 heavy (non-hydrogen) atoms. The van der Waals surface area contributed by atoms with Gasteiger partial charge >= 0.3 is 6.03 Å². The number of urea groups is 1. The molecule has 1 aliphatic carbocycles. The van der Waals surface area contributed by atoms with Gasteiger partial charge in [0.05, 0.1) is 5.69 Å². The maximum atomic E-state index is 13.6. The smallest absolute Gasteiger partial charge is 0.320 e. The molecule has 2 fully saturated rings. The zero-order chi connectivity index (χ0) is 34.2. The van der Waals surface area contributed by atoms with Crippen LogP contribution in [0.25, 0.3) is 0 Å². The van der Waals surface area contributed by atoms with Gasteiger partial charge in [-0.15, -0.1) is 0 Å². The van der Waals surface area contributed by atoms with E-state index in [2.05, 4.69) is 32.9 Å². The number of halogens is 2. The molecule has 1 aliphatic heterocycles. The second-order valence-electron chi connectivity index (χ2n) is 11.1. The minimum absolute atomic E-state index is 0.333. The fourth-order valence-electron chi connectivity index (χ4n) is 5.21. The van der Waals surface area contributed by atoms with Crippen LogP contribution >= 0.6 is 0 Å². The molecular formula is C35H42F2N6O4. The Labute approximate surface area is 274 Å². The molecule has 0 spiro atoms. The number of benzene rings is 2. The SMILES string of the molecule is C/C(C=O)=C\C=C/N(C=O)c1ccc(F)cc1.CN1C[C@H]2CCC[C@H]2C1.CNC(=O)Nc1cc(Oc2ccc(NC)c(F)c2)ccn1. The van der Waals surface area contributed by atoms with Crippen LogP contribution in [0.1, 0.15) is 26.2 Å². The number of rotatable bonds is 9. The predicted molar refractivity (Wildman–Crippen MR) is 181 cm³/mol. The number of amides is 3. The predicted octanol–water partition coefficient (Wildman–Crippen LogP) is 6.60. The lowest BCUT2D eigenvalue weighted by Gasteiger charge is -2.11. The van der Waals surface area contributed by atoms with E-state index < -0.39 is 5.82 Å². The Morgan fingerprint density at radius 3 is 2.28 bits per heavy atom. The maximum absolute atomic E-state index is 13.6. The van der Waals surface area contributed by atoms with Crippen LogP contribution < -0.4 is 25.6 Å². The van der Waals surface area contributed by atoms with Gasteiger partial charge < -0.3 is 20.3 Å². The molecule has 250 valence electrons. The number of allylic oxidation sites excluding steroid dienone is 3. The van der Waals surface area contributed by atoms with Gasteiger partial charge in [-0.2, -0.15) is 0 Å². The van der Waals surface area contributed by atoms with E-state index in [0.717, 1.165) is 11.8 Å². The van der Waals surface area contributed by atoms with Crippen molar-refractivity contribution < 1.29 is 27.9 Å². The van der Waals surface area contributed by atoms with Crippen molar-refractivity contribution >= 4 is 35.9 Å². The van der Waals surface area contributed by atoms with E-state index in [0.29, 0.717) is 47.0 Å². The fraction of sp³-hybridized carbons (Fsp3) is 0.314. The van der Waals surface area contributed by atoms with Crippen LogP contribution in [0.15, 0.2) is 84.7 Å². The molecule has 3 aromatic rings. The van der Waals surface area contributed by atoms with Crippen molar-refractivity contribution in [1.29, 1.82) is 0 Å². The summed E-state index contributed by atoms with van der Waals surface area (Å²) in [6.45, 7) is 4.41. The van der Waals surface area contributed by atoms with E-state index in [1.54, 1.807) is 50.4 Å². The lowest BCUT2D eigenvalue weighted by Crippen LogP contribution is -2.24. The maximum Gasteiger partial charge on any atom is 0.320 e. The third-order valence-electron chi connectivity index (χ3n) is 7.58. The monoisotopic (exact) mass is 648 g/mol. The Morgan fingerprint density at radius 1 is 1.00 bits per heavy atom. The first-order valence-electron chi connectivity index (χ1n) is 15.2. The van der Waals surface area contributed by atoms with Gasteiger partial charge in [-0.05, 0) is 92.8 Å². The van der Waals surface area contributed by atoms with Crippen LogP contribution in [0.2, 0.25) is 0 Å². The third-order valence-corrected chi connectivity index (χ3v) is 7.58. The second kappa shape index (κ2) is 18.8. The number of carbonyl (C=O) groups is 3. The van der Waals surface area contributed by atoms with Crippen LogP contribution in [0.5, 0.6) is 11.5 Å². The topological polar surface area (TPSA) is 116 Å².